The molecule has 0 saturated carbocycles. The van der Waals surface area contributed by atoms with Gasteiger partial charge in [-0.1, -0.05) is 24.3 Å². The second-order valence-corrected chi connectivity index (χ2v) is 5.90. The predicted molar refractivity (Wildman–Crippen MR) is 99.8 cm³/mol. The number of hydrogen-bond donors (Lipinski definition) is 1. The summed E-state index contributed by atoms with van der Waals surface area (Å²) >= 11 is 5.17. The van der Waals surface area contributed by atoms with E-state index in [4.69, 9.17) is 16.6 Å². The van der Waals surface area contributed by atoms with Gasteiger partial charge in [0.2, 0.25) is 0 Å². The zero-order valence-electron chi connectivity index (χ0n) is 13.6. The van der Waals surface area contributed by atoms with Gasteiger partial charge in [-0.05, 0) is 61.5 Å². The van der Waals surface area contributed by atoms with Crippen molar-refractivity contribution < 1.29 is 14.0 Å². The quantitative estimate of drug-likeness (QED) is 0.521. The number of amides is 2. The highest BCUT2D eigenvalue weighted by Crippen LogP contribution is 2.21. The Hall–Kier alpha value is -2.99. The van der Waals surface area contributed by atoms with Crippen molar-refractivity contribution in [2.45, 2.75) is 13.3 Å². The zero-order valence-corrected chi connectivity index (χ0v) is 14.4. The van der Waals surface area contributed by atoms with Gasteiger partial charge in [-0.3, -0.25) is 19.8 Å². The number of carbonyl (C=O) groups is 2. The first-order chi connectivity index (χ1) is 12.1. The Morgan fingerprint density at radius 2 is 2.08 bits per heavy atom. The molecule has 2 aromatic rings. The van der Waals surface area contributed by atoms with Gasteiger partial charge < -0.3 is 4.42 Å². The molecule has 2 amide bonds. The number of thiocarbonyl (C=S) groups is 1. The second-order valence-electron chi connectivity index (χ2n) is 5.51. The molecule has 5 nitrogen and oxygen atoms in total. The number of nitrogens with one attached hydrogen (secondary N) is 1. The van der Waals surface area contributed by atoms with Gasteiger partial charge >= 0.3 is 0 Å². The molecule has 2 heterocycles. The molecule has 126 valence electrons. The van der Waals surface area contributed by atoms with E-state index >= 15 is 0 Å². The van der Waals surface area contributed by atoms with Crippen molar-refractivity contribution in [3.8, 4) is 0 Å². The fraction of sp³-hybridized carbons (Fsp3) is 0.105. The third-order valence-corrected chi connectivity index (χ3v) is 3.93. The number of carbonyl (C=O) groups excluding carboxylic acids is 2. The Morgan fingerprint density at radius 1 is 1.24 bits per heavy atom. The number of benzene rings is 1. The number of hydrogen-bond acceptors (Lipinski definition) is 4. The van der Waals surface area contributed by atoms with E-state index in [1.807, 2.05) is 37.3 Å². The lowest BCUT2D eigenvalue weighted by atomic mass is 10.1. The van der Waals surface area contributed by atoms with Crippen LogP contribution in [0.25, 0.3) is 6.08 Å². The molecule has 1 aliphatic heterocycles. The minimum Gasteiger partial charge on any atom is -0.465 e. The lowest BCUT2D eigenvalue weighted by Gasteiger charge is -2.29. The van der Waals surface area contributed by atoms with E-state index in [1.165, 1.54) is 4.90 Å². The van der Waals surface area contributed by atoms with E-state index < -0.39 is 11.8 Å². The van der Waals surface area contributed by atoms with Crippen LogP contribution in [-0.2, 0) is 9.59 Å². The van der Waals surface area contributed by atoms with E-state index in [2.05, 4.69) is 5.32 Å². The van der Waals surface area contributed by atoms with Crippen molar-refractivity contribution in [3.05, 3.63) is 71.7 Å². The lowest BCUT2D eigenvalue weighted by molar-refractivity contribution is -0.122. The molecular formula is C19H16N2O3S. The van der Waals surface area contributed by atoms with E-state index in [0.29, 0.717) is 17.9 Å². The predicted octanol–water partition coefficient (Wildman–Crippen LogP) is 3.37. The van der Waals surface area contributed by atoms with Gasteiger partial charge in [0.15, 0.2) is 5.11 Å². The molecule has 0 aliphatic carbocycles. The molecular weight excluding hydrogens is 336 g/mol. The summed E-state index contributed by atoms with van der Waals surface area (Å²) in [6.07, 6.45) is 7.18. The Morgan fingerprint density at radius 3 is 2.80 bits per heavy atom. The average molecular weight is 352 g/mol. The maximum Gasteiger partial charge on any atom is 0.269 e. The number of nitrogens with zero attached hydrogens (tertiary/aromatic N) is 1. The van der Waals surface area contributed by atoms with Crippen molar-refractivity contribution in [3.63, 3.8) is 0 Å². The van der Waals surface area contributed by atoms with Crippen LogP contribution < -0.4 is 10.2 Å². The Balaban J connectivity index is 1.81. The highest BCUT2D eigenvalue weighted by atomic mass is 32.1. The van der Waals surface area contributed by atoms with Gasteiger partial charge in [-0.15, -0.1) is 0 Å². The summed E-state index contributed by atoms with van der Waals surface area (Å²) in [7, 11) is 0. The van der Waals surface area contributed by atoms with Crippen molar-refractivity contribution in [1.29, 1.82) is 0 Å². The minimum absolute atomic E-state index is 0.0687. The van der Waals surface area contributed by atoms with E-state index in [9.17, 15) is 9.59 Å². The second kappa shape index (κ2) is 7.27. The van der Waals surface area contributed by atoms with Gasteiger partial charge in [-0.25, -0.2) is 0 Å². The average Bonchev–Trinajstić information content (AvgIpc) is 3.07. The van der Waals surface area contributed by atoms with Crippen LogP contribution in [0.1, 0.15) is 17.7 Å². The third kappa shape index (κ3) is 3.75. The van der Waals surface area contributed by atoms with Gasteiger partial charge in [-0.2, -0.15) is 0 Å². The Labute approximate surface area is 150 Å². The Bertz CT molecular complexity index is 882. The highest BCUT2D eigenvalue weighted by molar-refractivity contribution is 7.80. The Kier molecular flexibility index (Phi) is 4.90. The fourth-order valence-corrected chi connectivity index (χ4v) is 2.75. The number of aryl methyl sites for hydroxylation is 1. The first-order valence-electron chi connectivity index (χ1n) is 7.73. The molecule has 1 N–H and O–H groups in total. The van der Waals surface area contributed by atoms with Gasteiger partial charge in [0, 0.05) is 0 Å². The zero-order chi connectivity index (χ0) is 17.8. The van der Waals surface area contributed by atoms with Gasteiger partial charge in [0.25, 0.3) is 11.8 Å². The molecule has 3 rings (SSSR count). The summed E-state index contributed by atoms with van der Waals surface area (Å²) < 4.78 is 5.19. The summed E-state index contributed by atoms with van der Waals surface area (Å²) in [5.41, 5.74) is 1.70. The smallest absolute Gasteiger partial charge is 0.269 e. The largest absolute Gasteiger partial charge is 0.465 e. The van der Waals surface area contributed by atoms with Crippen LogP contribution in [0.2, 0.25) is 0 Å². The first-order valence-corrected chi connectivity index (χ1v) is 8.14. The molecule has 1 aliphatic rings. The SMILES string of the molecule is Cc1cccc(N2C(=O)/C(=C/C/C=C/c3ccco3)C(=O)NC2=S)c1. The molecule has 25 heavy (non-hydrogen) atoms. The molecule has 0 spiro atoms. The standard InChI is InChI=1S/C19H16N2O3S/c1-13-6-4-7-14(12-13)21-18(23)16(17(22)20-19(21)25)10-3-2-8-15-9-5-11-24-15/h2,4-12H,3H2,1H3,(H,20,22,25)/b8-2+,16-10+. The molecule has 6 heteroatoms. The highest BCUT2D eigenvalue weighted by Gasteiger charge is 2.34. The molecule has 0 atom stereocenters. The van der Waals surface area contributed by atoms with Crippen LogP contribution in [0.3, 0.4) is 0 Å². The molecule has 0 unspecified atom stereocenters. The molecule has 1 aromatic carbocycles. The number of rotatable bonds is 4. The topological polar surface area (TPSA) is 62.6 Å². The van der Waals surface area contributed by atoms with Gasteiger partial charge in [0.05, 0.1) is 12.0 Å². The summed E-state index contributed by atoms with van der Waals surface area (Å²) in [6, 6.07) is 11.0. The van der Waals surface area contributed by atoms with Crippen LogP contribution >= 0.6 is 12.2 Å². The normalized spacial score (nSPS) is 16.8. The van der Waals surface area contributed by atoms with E-state index in [-0.39, 0.29) is 10.7 Å². The molecule has 1 saturated heterocycles. The van der Waals surface area contributed by atoms with Crippen molar-refractivity contribution in [2.24, 2.45) is 0 Å². The van der Waals surface area contributed by atoms with Crippen LogP contribution in [0.5, 0.6) is 0 Å². The summed E-state index contributed by atoms with van der Waals surface area (Å²) in [5, 5.41) is 2.66. The molecule has 1 fully saturated rings. The monoisotopic (exact) mass is 352 g/mol. The van der Waals surface area contributed by atoms with E-state index in [0.717, 1.165) is 5.56 Å². The maximum absolute atomic E-state index is 12.7. The third-order valence-electron chi connectivity index (χ3n) is 3.64. The maximum atomic E-state index is 12.7. The minimum atomic E-state index is -0.481. The summed E-state index contributed by atoms with van der Waals surface area (Å²) in [5.74, 6) is -0.198. The summed E-state index contributed by atoms with van der Waals surface area (Å²) in [4.78, 5) is 26.2. The fourth-order valence-electron chi connectivity index (χ4n) is 2.47. The molecule has 0 bridgehead atoms. The van der Waals surface area contributed by atoms with E-state index in [1.54, 1.807) is 30.5 Å². The van der Waals surface area contributed by atoms with Crippen molar-refractivity contribution >= 4 is 40.9 Å². The first kappa shape index (κ1) is 16.9. The lowest BCUT2D eigenvalue weighted by Crippen LogP contribution is -2.54. The van der Waals surface area contributed by atoms with Crippen molar-refractivity contribution in [2.75, 3.05) is 4.90 Å². The van der Waals surface area contributed by atoms with Gasteiger partial charge in [0.1, 0.15) is 11.3 Å². The summed E-state index contributed by atoms with van der Waals surface area (Å²) in [6.45, 7) is 1.93. The van der Waals surface area contributed by atoms with Crippen LogP contribution in [0.15, 0.2) is 64.8 Å². The van der Waals surface area contributed by atoms with Crippen LogP contribution in [0.4, 0.5) is 5.69 Å². The molecule has 1 aromatic heterocycles. The van der Waals surface area contributed by atoms with Crippen LogP contribution in [0, 0.1) is 6.92 Å². The molecule has 0 radical (unpaired) electrons. The number of allylic oxidation sites excluding steroid dienone is 2. The number of anilines is 1. The van der Waals surface area contributed by atoms with Crippen LogP contribution in [-0.4, -0.2) is 16.9 Å². The van der Waals surface area contributed by atoms with Crippen molar-refractivity contribution in [1.82, 2.24) is 5.32 Å². The number of furan rings is 1.